The molecule has 4 N–H and O–H groups in total. The van der Waals surface area contributed by atoms with Crippen molar-refractivity contribution >= 4 is 17.0 Å². The van der Waals surface area contributed by atoms with Crippen LogP contribution in [0, 0.1) is 0 Å². The molecule has 0 amide bonds. The molecular weight excluding hydrogens is 430 g/mol. The Morgan fingerprint density at radius 3 is 2.79 bits per heavy atom. The van der Waals surface area contributed by atoms with E-state index in [-0.39, 0.29) is 12.1 Å². The van der Waals surface area contributed by atoms with Crippen molar-refractivity contribution in [1.82, 2.24) is 19.5 Å². The number of hydrogen-bond donors (Lipinski definition) is 4. The number of methoxy groups -OCH3 is 1. The summed E-state index contributed by atoms with van der Waals surface area (Å²) in [7, 11) is 1.62. The van der Waals surface area contributed by atoms with Crippen LogP contribution < -0.4 is 14.8 Å². The third kappa shape index (κ3) is 4.08. The molecule has 11 heteroatoms. The molecule has 5 rings (SSSR count). The molecule has 1 saturated heterocycles. The number of imidazole rings is 1. The molecule has 2 aliphatic rings. The molecule has 2 aromatic heterocycles. The Morgan fingerprint density at radius 1 is 1.15 bits per heavy atom. The largest absolute Gasteiger partial charge is 0.497 e. The van der Waals surface area contributed by atoms with Gasteiger partial charge in [-0.05, 0) is 31.4 Å². The monoisotopic (exact) mass is 457 g/mol. The molecule has 0 spiro atoms. The van der Waals surface area contributed by atoms with Gasteiger partial charge in [-0.25, -0.2) is 15.0 Å². The molecule has 0 unspecified atom stereocenters. The number of benzene rings is 1. The highest BCUT2D eigenvalue weighted by Gasteiger charge is 2.44. The smallest absolute Gasteiger partial charge is 0.167 e. The normalized spacial score (nSPS) is 29.5. The van der Waals surface area contributed by atoms with Gasteiger partial charge in [0.15, 0.2) is 23.2 Å². The minimum absolute atomic E-state index is 0.0216. The molecule has 1 aliphatic carbocycles. The molecule has 0 bridgehead atoms. The maximum absolute atomic E-state index is 10.4. The number of nitrogens with zero attached hydrogens (tertiary/aromatic N) is 4. The Balaban J connectivity index is 1.36. The van der Waals surface area contributed by atoms with Gasteiger partial charge >= 0.3 is 0 Å². The molecule has 176 valence electrons. The lowest BCUT2D eigenvalue weighted by Crippen LogP contribution is -2.33. The fourth-order valence-electron chi connectivity index (χ4n) is 4.51. The van der Waals surface area contributed by atoms with Gasteiger partial charge < -0.3 is 34.8 Å². The summed E-state index contributed by atoms with van der Waals surface area (Å²) in [5.41, 5.74) is 0.966. The zero-order valence-electron chi connectivity index (χ0n) is 18.1. The second kappa shape index (κ2) is 9.10. The number of ether oxygens (including phenoxy) is 3. The van der Waals surface area contributed by atoms with Gasteiger partial charge in [-0.15, -0.1) is 0 Å². The molecule has 1 aromatic carbocycles. The Bertz CT molecular complexity index is 1110. The van der Waals surface area contributed by atoms with Gasteiger partial charge in [0.25, 0.3) is 0 Å². The number of rotatable bonds is 7. The zero-order valence-corrected chi connectivity index (χ0v) is 18.1. The third-order valence-corrected chi connectivity index (χ3v) is 6.25. The Morgan fingerprint density at radius 2 is 2.00 bits per heavy atom. The van der Waals surface area contributed by atoms with Crippen LogP contribution in [0.2, 0.25) is 0 Å². The lowest BCUT2D eigenvalue weighted by atomic mass is 10.1. The van der Waals surface area contributed by atoms with Gasteiger partial charge in [-0.2, -0.15) is 0 Å². The Hall–Kier alpha value is -2.99. The number of fused-ring (bicyclic) bond motifs is 1. The van der Waals surface area contributed by atoms with Gasteiger partial charge in [-0.3, -0.25) is 4.57 Å². The van der Waals surface area contributed by atoms with Crippen LogP contribution in [0.25, 0.3) is 11.2 Å². The van der Waals surface area contributed by atoms with Crippen molar-refractivity contribution < 1.29 is 29.5 Å². The number of aliphatic hydroxyl groups excluding tert-OH is 3. The van der Waals surface area contributed by atoms with Crippen molar-refractivity contribution in [2.45, 2.75) is 55.9 Å². The predicted molar refractivity (Wildman–Crippen MR) is 117 cm³/mol. The molecule has 6 atom stereocenters. The van der Waals surface area contributed by atoms with Gasteiger partial charge in [0, 0.05) is 6.07 Å². The number of nitrogens with one attached hydrogen (secondary N) is 1. The van der Waals surface area contributed by atoms with E-state index in [0.29, 0.717) is 17.0 Å². The van der Waals surface area contributed by atoms with E-state index in [1.54, 1.807) is 11.7 Å². The van der Waals surface area contributed by atoms with Gasteiger partial charge in [0.1, 0.15) is 42.2 Å². The van der Waals surface area contributed by atoms with E-state index in [4.69, 9.17) is 14.2 Å². The van der Waals surface area contributed by atoms with Crippen molar-refractivity contribution in [2.24, 2.45) is 0 Å². The molecule has 33 heavy (non-hydrogen) atoms. The molecule has 3 heterocycles. The molecule has 3 aromatic rings. The highest BCUT2D eigenvalue weighted by Crippen LogP contribution is 2.33. The topological polar surface area (TPSA) is 144 Å². The first kappa shape index (κ1) is 21.8. The maximum Gasteiger partial charge on any atom is 0.167 e. The predicted octanol–water partition coefficient (Wildman–Crippen LogP) is 0.858. The fraction of sp³-hybridized carbons (Fsp3) is 0.500. The summed E-state index contributed by atoms with van der Waals surface area (Å²) in [6.45, 7) is -0.403. The summed E-state index contributed by atoms with van der Waals surface area (Å²) in [5, 5.41) is 33.3. The van der Waals surface area contributed by atoms with E-state index in [9.17, 15) is 15.3 Å². The molecule has 1 aliphatic heterocycles. The third-order valence-electron chi connectivity index (χ3n) is 6.25. The number of aliphatic hydroxyl groups is 3. The Labute approximate surface area is 190 Å². The first-order valence-corrected chi connectivity index (χ1v) is 11.0. The number of hydrogen-bond acceptors (Lipinski definition) is 10. The van der Waals surface area contributed by atoms with Crippen molar-refractivity contribution in [2.75, 3.05) is 19.0 Å². The summed E-state index contributed by atoms with van der Waals surface area (Å²) in [4.78, 5) is 13.1. The average Bonchev–Trinajstić information content (AvgIpc) is 3.53. The second-order valence-electron chi connectivity index (χ2n) is 8.29. The SMILES string of the molecule is COc1cccc(O[C@@H]2CCC[C@H]2Nc2ncnc3c2ncn3[C@@H]2O[C@H](CO)[C@@H](O)[C@H]2O)c1. The van der Waals surface area contributed by atoms with Crippen molar-refractivity contribution in [1.29, 1.82) is 0 Å². The van der Waals surface area contributed by atoms with Gasteiger partial charge in [-0.1, -0.05) is 6.07 Å². The first-order chi connectivity index (χ1) is 16.1. The van der Waals surface area contributed by atoms with Crippen LogP contribution in [0.1, 0.15) is 25.5 Å². The number of aromatic nitrogens is 4. The zero-order chi connectivity index (χ0) is 22.9. The summed E-state index contributed by atoms with van der Waals surface area (Å²) in [6, 6.07) is 7.56. The summed E-state index contributed by atoms with van der Waals surface area (Å²) in [5.74, 6) is 2.04. The van der Waals surface area contributed by atoms with E-state index in [1.165, 1.54) is 12.7 Å². The average molecular weight is 457 g/mol. The lowest BCUT2D eigenvalue weighted by molar-refractivity contribution is -0.0511. The molecule has 2 fully saturated rings. The fourth-order valence-corrected chi connectivity index (χ4v) is 4.51. The van der Waals surface area contributed by atoms with Crippen LogP contribution in [-0.2, 0) is 4.74 Å². The summed E-state index contributed by atoms with van der Waals surface area (Å²) in [6.07, 6.45) is 1.46. The van der Waals surface area contributed by atoms with Crippen LogP contribution >= 0.6 is 0 Å². The second-order valence-corrected chi connectivity index (χ2v) is 8.29. The maximum atomic E-state index is 10.4. The van der Waals surface area contributed by atoms with Crippen LogP contribution in [0.4, 0.5) is 5.82 Å². The van der Waals surface area contributed by atoms with Crippen LogP contribution in [0.15, 0.2) is 36.9 Å². The van der Waals surface area contributed by atoms with Gasteiger partial charge in [0.05, 0.1) is 26.1 Å². The van der Waals surface area contributed by atoms with Crippen molar-refractivity contribution in [3.8, 4) is 11.5 Å². The van der Waals surface area contributed by atoms with Crippen LogP contribution in [0.5, 0.6) is 11.5 Å². The first-order valence-electron chi connectivity index (χ1n) is 11.0. The standard InChI is InChI=1S/C22H27N5O6/c1-31-12-4-2-5-13(8-12)32-15-7-3-6-14(15)26-20-17-21(24-10-23-20)27(11-25-17)22-19(30)18(29)16(9-28)33-22/h2,4-5,8,10-11,14-16,18-19,22,28-30H,3,6-7,9H2,1H3,(H,23,24,26)/t14-,15-,16-,18-,19-,22-/m1/s1. The van der Waals surface area contributed by atoms with E-state index in [2.05, 4.69) is 20.3 Å². The highest BCUT2D eigenvalue weighted by atomic mass is 16.6. The molecule has 11 nitrogen and oxygen atoms in total. The van der Waals surface area contributed by atoms with Crippen LogP contribution in [0.3, 0.4) is 0 Å². The summed E-state index contributed by atoms with van der Waals surface area (Å²) < 4.78 is 18.7. The van der Waals surface area contributed by atoms with E-state index in [0.717, 1.165) is 30.8 Å². The molecule has 0 radical (unpaired) electrons. The van der Waals surface area contributed by atoms with Gasteiger partial charge in [0.2, 0.25) is 0 Å². The quantitative estimate of drug-likeness (QED) is 0.403. The minimum Gasteiger partial charge on any atom is -0.497 e. The van der Waals surface area contributed by atoms with Crippen molar-refractivity contribution in [3.63, 3.8) is 0 Å². The van der Waals surface area contributed by atoms with E-state index < -0.39 is 31.1 Å². The number of anilines is 1. The van der Waals surface area contributed by atoms with E-state index >= 15 is 0 Å². The lowest BCUT2D eigenvalue weighted by Gasteiger charge is -2.23. The summed E-state index contributed by atoms with van der Waals surface area (Å²) >= 11 is 0. The van der Waals surface area contributed by atoms with Crippen molar-refractivity contribution in [3.05, 3.63) is 36.9 Å². The highest BCUT2D eigenvalue weighted by molar-refractivity contribution is 5.82. The molecule has 1 saturated carbocycles. The van der Waals surface area contributed by atoms with Crippen LogP contribution in [-0.4, -0.2) is 79.0 Å². The minimum atomic E-state index is -1.22. The molecular formula is C22H27N5O6. The Kier molecular flexibility index (Phi) is 6.02. The van der Waals surface area contributed by atoms with E-state index in [1.807, 2.05) is 24.3 Å².